The Morgan fingerprint density at radius 2 is 1.14 bits per heavy atom. The quantitative estimate of drug-likeness (QED) is 0.519. The highest BCUT2D eigenvalue weighted by atomic mass is 16.2. The van der Waals surface area contributed by atoms with Crippen LogP contribution in [0.2, 0.25) is 0 Å². The largest absolute Gasteiger partial charge is 0.351 e. The lowest BCUT2D eigenvalue weighted by Crippen LogP contribution is -2.30. The summed E-state index contributed by atoms with van der Waals surface area (Å²) in [5.74, 6) is -0.699. The molecule has 3 aromatic carbocycles. The van der Waals surface area contributed by atoms with Crippen molar-refractivity contribution < 1.29 is 9.59 Å². The van der Waals surface area contributed by atoms with E-state index in [4.69, 9.17) is 0 Å². The highest BCUT2D eigenvalue weighted by molar-refractivity contribution is 6.03. The van der Waals surface area contributed by atoms with E-state index in [0.717, 1.165) is 16.8 Å². The molecule has 0 aliphatic rings. The van der Waals surface area contributed by atoms with E-state index in [1.807, 2.05) is 91.0 Å². The van der Waals surface area contributed by atoms with Gasteiger partial charge in [-0.15, -0.1) is 0 Å². The van der Waals surface area contributed by atoms with Gasteiger partial charge in [-0.2, -0.15) is 0 Å². The van der Waals surface area contributed by atoms with Crippen molar-refractivity contribution in [3.05, 3.63) is 114 Å². The van der Waals surface area contributed by atoms with E-state index in [1.54, 1.807) is 0 Å². The summed E-state index contributed by atoms with van der Waals surface area (Å²) in [7, 11) is 0. The lowest BCUT2D eigenvalue weighted by molar-refractivity contribution is -0.119. The minimum Gasteiger partial charge on any atom is -0.351 e. The average Bonchev–Trinajstić information content (AvgIpc) is 2.78. The molecule has 0 heterocycles. The molecule has 2 amide bonds. The number of anilines is 1. The monoisotopic (exact) mass is 385 g/mol. The second-order valence-electron chi connectivity index (χ2n) is 6.42. The van der Waals surface area contributed by atoms with Crippen molar-refractivity contribution in [3.8, 4) is 0 Å². The number of carbonyl (C=O) groups excluding carboxylic acids is 2. The van der Waals surface area contributed by atoms with Crippen molar-refractivity contribution in [1.82, 2.24) is 10.6 Å². The first-order valence-electron chi connectivity index (χ1n) is 9.38. The fourth-order valence-electron chi connectivity index (χ4n) is 2.68. The third-order valence-corrected chi connectivity index (χ3v) is 4.18. The molecule has 3 N–H and O–H groups in total. The fraction of sp³-hybridized carbons (Fsp3) is 0.0833. The molecule has 0 saturated carbocycles. The molecule has 0 saturated heterocycles. The van der Waals surface area contributed by atoms with Gasteiger partial charge in [0.15, 0.2) is 0 Å². The maximum absolute atomic E-state index is 12.7. The van der Waals surface area contributed by atoms with Crippen LogP contribution in [-0.4, -0.2) is 11.8 Å². The van der Waals surface area contributed by atoms with Crippen LogP contribution in [0.3, 0.4) is 0 Å². The predicted octanol–water partition coefficient (Wildman–Crippen LogP) is 3.62. The van der Waals surface area contributed by atoms with Gasteiger partial charge in [-0.1, -0.05) is 78.9 Å². The van der Waals surface area contributed by atoms with Crippen molar-refractivity contribution >= 4 is 17.5 Å². The lowest BCUT2D eigenvalue weighted by Gasteiger charge is -2.12. The first kappa shape index (κ1) is 19.9. The van der Waals surface area contributed by atoms with Gasteiger partial charge < -0.3 is 16.0 Å². The minimum absolute atomic E-state index is 0.178. The van der Waals surface area contributed by atoms with Crippen molar-refractivity contribution in [2.24, 2.45) is 0 Å². The Kier molecular flexibility index (Phi) is 7.18. The number of nitrogens with one attached hydrogen (secondary N) is 3. The van der Waals surface area contributed by atoms with Crippen LogP contribution < -0.4 is 16.0 Å². The van der Waals surface area contributed by atoms with E-state index in [-0.39, 0.29) is 17.5 Å². The maximum Gasteiger partial charge on any atom is 0.268 e. The second kappa shape index (κ2) is 10.5. The molecule has 0 bridgehead atoms. The standard InChI is InChI=1S/C24H23N3O2/c28-23(25-17-19-10-4-1-5-11-19)16-22(27-21-14-8-3-9-15-21)24(29)26-18-20-12-6-2-7-13-20/h1-16,27H,17-18H2,(H,25,28)(H,26,29)/b22-16-. The van der Waals surface area contributed by atoms with E-state index < -0.39 is 0 Å². The molecule has 0 aliphatic carbocycles. The number of benzene rings is 3. The number of hydrogen-bond acceptors (Lipinski definition) is 3. The summed E-state index contributed by atoms with van der Waals surface area (Å²) in [4.78, 5) is 25.1. The van der Waals surface area contributed by atoms with Crippen LogP contribution in [-0.2, 0) is 22.7 Å². The van der Waals surface area contributed by atoms with Crippen LogP contribution in [0, 0.1) is 0 Å². The smallest absolute Gasteiger partial charge is 0.268 e. The molecule has 5 heteroatoms. The van der Waals surface area contributed by atoms with Gasteiger partial charge in [0.05, 0.1) is 0 Å². The molecule has 0 atom stereocenters. The molecule has 0 aromatic heterocycles. The summed E-state index contributed by atoms with van der Waals surface area (Å²) in [6.45, 7) is 0.763. The molecule has 0 spiro atoms. The Bertz CT molecular complexity index is 955. The number of carbonyl (C=O) groups is 2. The zero-order valence-corrected chi connectivity index (χ0v) is 16.0. The fourth-order valence-corrected chi connectivity index (χ4v) is 2.68. The van der Waals surface area contributed by atoms with Crippen molar-refractivity contribution in [3.63, 3.8) is 0 Å². The molecule has 0 radical (unpaired) electrons. The van der Waals surface area contributed by atoms with E-state index >= 15 is 0 Å². The first-order valence-corrected chi connectivity index (χ1v) is 9.38. The third kappa shape index (κ3) is 6.66. The summed E-state index contributed by atoms with van der Waals surface area (Å²) in [6, 6.07) is 28.5. The molecule has 0 aliphatic heterocycles. The molecule has 0 unspecified atom stereocenters. The minimum atomic E-state index is -0.354. The first-order chi connectivity index (χ1) is 14.2. The average molecular weight is 385 g/mol. The van der Waals surface area contributed by atoms with Crippen LogP contribution in [0.4, 0.5) is 5.69 Å². The molecule has 146 valence electrons. The highest BCUT2D eigenvalue weighted by Crippen LogP contribution is 2.10. The van der Waals surface area contributed by atoms with Gasteiger partial charge in [0.25, 0.3) is 5.91 Å². The van der Waals surface area contributed by atoms with E-state index in [1.165, 1.54) is 6.08 Å². The second-order valence-corrected chi connectivity index (χ2v) is 6.42. The van der Waals surface area contributed by atoms with Crippen molar-refractivity contribution in [1.29, 1.82) is 0 Å². The van der Waals surface area contributed by atoms with Gasteiger partial charge in [0.1, 0.15) is 5.70 Å². The highest BCUT2D eigenvalue weighted by Gasteiger charge is 2.12. The van der Waals surface area contributed by atoms with Gasteiger partial charge >= 0.3 is 0 Å². The Hall–Kier alpha value is -3.86. The molecule has 29 heavy (non-hydrogen) atoms. The SMILES string of the molecule is O=C(/C=C(\Nc1ccccc1)C(=O)NCc1ccccc1)NCc1ccccc1. The van der Waals surface area contributed by atoms with Gasteiger partial charge in [-0.3, -0.25) is 9.59 Å². The van der Waals surface area contributed by atoms with Gasteiger partial charge in [-0.25, -0.2) is 0 Å². The zero-order chi connectivity index (χ0) is 20.3. The van der Waals surface area contributed by atoms with Gasteiger partial charge in [-0.05, 0) is 23.3 Å². The van der Waals surface area contributed by atoms with E-state index in [0.29, 0.717) is 13.1 Å². The van der Waals surface area contributed by atoms with Crippen LogP contribution in [0.25, 0.3) is 0 Å². The molecule has 3 rings (SSSR count). The summed E-state index contributed by atoms with van der Waals surface area (Å²) in [6.07, 6.45) is 1.29. The van der Waals surface area contributed by atoms with Crippen LogP contribution in [0.15, 0.2) is 103 Å². The predicted molar refractivity (Wildman–Crippen MR) is 115 cm³/mol. The van der Waals surface area contributed by atoms with Crippen LogP contribution in [0.5, 0.6) is 0 Å². The number of amides is 2. The Morgan fingerprint density at radius 1 is 0.655 bits per heavy atom. The van der Waals surface area contributed by atoms with E-state index in [2.05, 4.69) is 16.0 Å². The van der Waals surface area contributed by atoms with Crippen molar-refractivity contribution in [2.75, 3.05) is 5.32 Å². The molecule has 0 fully saturated rings. The summed E-state index contributed by atoms with van der Waals surface area (Å²) in [5.41, 5.74) is 2.87. The summed E-state index contributed by atoms with van der Waals surface area (Å²) in [5, 5.41) is 8.69. The van der Waals surface area contributed by atoms with Crippen LogP contribution >= 0.6 is 0 Å². The van der Waals surface area contributed by atoms with Crippen LogP contribution in [0.1, 0.15) is 11.1 Å². The number of rotatable bonds is 8. The number of hydrogen-bond donors (Lipinski definition) is 3. The molecular formula is C24H23N3O2. The molecule has 3 aromatic rings. The zero-order valence-electron chi connectivity index (χ0n) is 16.0. The lowest BCUT2D eigenvalue weighted by atomic mass is 10.2. The Labute approximate surface area is 170 Å². The number of para-hydroxylation sites is 1. The van der Waals surface area contributed by atoms with Crippen molar-refractivity contribution in [2.45, 2.75) is 13.1 Å². The van der Waals surface area contributed by atoms with E-state index in [9.17, 15) is 9.59 Å². The molecular weight excluding hydrogens is 362 g/mol. The normalized spacial score (nSPS) is 10.8. The van der Waals surface area contributed by atoms with Gasteiger partial charge in [0, 0.05) is 24.9 Å². The summed E-state index contributed by atoms with van der Waals surface area (Å²) >= 11 is 0. The third-order valence-electron chi connectivity index (χ3n) is 4.18. The van der Waals surface area contributed by atoms with Gasteiger partial charge in [0.2, 0.25) is 5.91 Å². The Balaban J connectivity index is 1.68. The molecule has 5 nitrogen and oxygen atoms in total. The summed E-state index contributed by atoms with van der Waals surface area (Å²) < 4.78 is 0. The Morgan fingerprint density at radius 3 is 1.69 bits per heavy atom. The topological polar surface area (TPSA) is 70.2 Å². The maximum atomic E-state index is 12.7.